The third-order valence-electron chi connectivity index (χ3n) is 1.86. The Kier molecular flexibility index (Phi) is 2.88. The summed E-state index contributed by atoms with van der Waals surface area (Å²) in [4.78, 5) is 0. The second kappa shape index (κ2) is 3.93. The summed E-state index contributed by atoms with van der Waals surface area (Å²) in [5.41, 5.74) is 6.61. The number of phenolic OH excluding ortho intramolecular Hbond substituents is 1. The van der Waals surface area contributed by atoms with E-state index in [-0.39, 0.29) is 11.7 Å². The quantitative estimate of drug-likeness (QED) is 0.665. The third kappa shape index (κ3) is 1.86. The SMILES string of the molecule is C=CC(CN)c1ccc(O)cc1. The molecule has 0 aromatic heterocycles. The molecule has 0 heterocycles. The second-order valence-corrected chi connectivity index (χ2v) is 2.67. The van der Waals surface area contributed by atoms with E-state index in [9.17, 15) is 0 Å². The normalized spacial score (nSPS) is 12.4. The standard InChI is InChI=1S/C10H13NO/c1-2-8(7-11)9-3-5-10(12)6-4-9/h2-6,8,12H,1,7,11H2. The molecular weight excluding hydrogens is 150 g/mol. The molecule has 0 amide bonds. The van der Waals surface area contributed by atoms with E-state index in [1.165, 1.54) is 0 Å². The molecule has 0 radical (unpaired) electrons. The van der Waals surface area contributed by atoms with Gasteiger partial charge in [-0.3, -0.25) is 0 Å². The van der Waals surface area contributed by atoms with E-state index in [4.69, 9.17) is 10.8 Å². The first-order valence-electron chi connectivity index (χ1n) is 3.89. The smallest absolute Gasteiger partial charge is 0.115 e. The van der Waals surface area contributed by atoms with E-state index >= 15 is 0 Å². The lowest BCUT2D eigenvalue weighted by Gasteiger charge is -2.09. The third-order valence-corrected chi connectivity index (χ3v) is 1.86. The Labute approximate surface area is 72.3 Å². The predicted octanol–water partition coefficient (Wildman–Crippen LogP) is 1.62. The molecule has 0 spiro atoms. The van der Waals surface area contributed by atoms with Crippen molar-refractivity contribution in [1.29, 1.82) is 0 Å². The lowest BCUT2D eigenvalue weighted by atomic mass is 10.00. The van der Waals surface area contributed by atoms with Crippen LogP contribution in [-0.2, 0) is 0 Å². The van der Waals surface area contributed by atoms with Gasteiger partial charge in [0.15, 0.2) is 0 Å². The van der Waals surface area contributed by atoms with Gasteiger partial charge in [0.2, 0.25) is 0 Å². The summed E-state index contributed by atoms with van der Waals surface area (Å²) < 4.78 is 0. The van der Waals surface area contributed by atoms with Crippen molar-refractivity contribution < 1.29 is 5.11 Å². The molecule has 0 aliphatic heterocycles. The Balaban J connectivity index is 2.87. The highest BCUT2D eigenvalue weighted by molar-refractivity contribution is 5.30. The number of aromatic hydroxyl groups is 1. The largest absolute Gasteiger partial charge is 0.508 e. The fourth-order valence-electron chi connectivity index (χ4n) is 1.09. The zero-order valence-corrected chi connectivity index (χ0v) is 6.90. The molecule has 0 aliphatic carbocycles. The Morgan fingerprint density at radius 2 is 2.00 bits per heavy atom. The summed E-state index contributed by atoms with van der Waals surface area (Å²) in [6.07, 6.45) is 1.81. The molecule has 0 bridgehead atoms. The lowest BCUT2D eigenvalue weighted by molar-refractivity contribution is 0.475. The van der Waals surface area contributed by atoms with Gasteiger partial charge in [-0.1, -0.05) is 18.2 Å². The first kappa shape index (κ1) is 8.81. The van der Waals surface area contributed by atoms with E-state index in [2.05, 4.69) is 6.58 Å². The first-order valence-corrected chi connectivity index (χ1v) is 3.89. The minimum absolute atomic E-state index is 0.186. The Morgan fingerprint density at radius 3 is 2.42 bits per heavy atom. The fourth-order valence-corrected chi connectivity index (χ4v) is 1.09. The summed E-state index contributed by atoms with van der Waals surface area (Å²) in [7, 11) is 0. The molecule has 0 fully saturated rings. The number of benzene rings is 1. The van der Waals surface area contributed by atoms with Gasteiger partial charge >= 0.3 is 0 Å². The topological polar surface area (TPSA) is 46.2 Å². The molecule has 2 nitrogen and oxygen atoms in total. The maximum absolute atomic E-state index is 9.03. The maximum Gasteiger partial charge on any atom is 0.115 e. The lowest BCUT2D eigenvalue weighted by Crippen LogP contribution is -2.09. The number of rotatable bonds is 3. The van der Waals surface area contributed by atoms with Crippen molar-refractivity contribution in [1.82, 2.24) is 0 Å². The Hall–Kier alpha value is -1.28. The molecule has 1 aromatic carbocycles. The van der Waals surface area contributed by atoms with E-state index in [0.29, 0.717) is 6.54 Å². The molecule has 0 saturated heterocycles. The summed E-state index contributed by atoms with van der Waals surface area (Å²) in [5, 5.41) is 9.03. The van der Waals surface area contributed by atoms with Gasteiger partial charge in [0.1, 0.15) is 5.75 Å². The summed E-state index contributed by atoms with van der Waals surface area (Å²) in [6, 6.07) is 7.02. The average Bonchev–Trinajstić information content (AvgIpc) is 2.10. The van der Waals surface area contributed by atoms with Crippen LogP contribution in [0.15, 0.2) is 36.9 Å². The zero-order valence-electron chi connectivity index (χ0n) is 6.90. The zero-order chi connectivity index (χ0) is 8.97. The van der Waals surface area contributed by atoms with Crippen LogP contribution in [0.2, 0.25) is 0 Å². The van der Waals surface area contributed by atoms with Gasteiger partial charge < -0.3 is 10.8 Å². The Morgan fingerprint density at radius 1 is 1.42 bits per heavy atom. The monoisotopic (exact) mass is 163 g/mol. The molecule has 2 heteroatoms. The minimum Gasteiger partial charge on any atom is -0.508 e. The highest BCUT2D eigenvalue weighted by atomic mass is 16.3. The van der Waals surface area contributed by atoms with Crippen LogP contribution in [0.25, 0.3) is 0 Å². The van der Waals surface area contributed by atoms with E-state index < -0.39 is 0 Å². The van der Waals surface area contributed by atoms with Crippen LogP contribution in [0.1, 0.15) is 11.5 Å². The number of hydrogen-bond acceptors (Lipinski definition) is 2. The number of hydrogen-bond donors (Lipinski definition) is 2. The van der Waals surface area contributed by atoms with Crippen molar-refractivity contribution >= 4 is 0 Å². The predicted molar refractivity (Wildman–Crippen MR) is 50.1 cm³/mol. The van der Waals surface area contributed by atoms with Gasteiger partial charge in [0.05, 0.1) is 0 Å². The summed E-state index contributed by atoms with van der Waals surface area (Å²) in [6.45, 7) is 4.24. The van der Waals surface area contributed by atoms with Gasteiger partial charge in [0.25, 0.3) is 0 Å². The fraction of sp³-hybridized carbons (Fsp3) is 0.200. The molecule has 12 heavy (non-hydrogen) atoms. The van der Waals surface area contributed by atoms with Crippen molar-refractivity contribution in [2.75, 3.05) is 6.54 Å². The van der Waals surface area contributed by atoms with E-state index in [1.807, 2.05) is 18.2 Å². The van der Waals surface area contributed by atoms with Crippen LogP contribution in [0.5, 0.6) is 5.75 Å². The number of nitrogens with two attached hydrogens (primary N) is 1. The van der Waals surface area contributed by atoms with Crippen molar-refractivity contribution in [3.05, 3.63) is 42.5 Å². The molecule has 64 valence electrons. The minimum atomic E-state index is 0.186. The molecule has 3 N–H and O–H groups in total. The first-order chi connectivity index (χ1) is 5.77. The van der Waals surface area contributed by atoms with E-state index in [0.717, 1.165) is 5.56 Å². The highest BCUT2D eigenvalue weighted by Gasteiger charge is 2.03. The van der Waals surface area contributed by atoms with Crippen molar-refractivity contribution in [3.63, 3.8) is 0 Å². The highest BCUT2D eigenvalue weighted by Crippen LogP contribution is 2.18. The van der Waals surface area contributed by atoms with Gasteiger partial charge in [-0.15, -0.1) is 6.58 Å². The van der Waals surface area contributed by atoms with Crippen LogP contribution < -0.4 is 5.73 Å². The summed E-state index contributed by atoms with van der Waals surface area (Å²) in [5.74, 6) is 0.462. The Bertz CT molecular complexity index is 253. The van der Waals surface area contributed by atoms with Crippen LogP contribution in [0, 0.1) is 0 Å². The van der Waals surface area contributed by atoms with Gasteiger partial charge in [0, 0.05) is 12.5 Å². The molecule has 0 aliphatic rings. The van der Waals surface area contributed by atoms with Crippen LogP contribution >= 0.6 is 0 Å². The van der Waals surface area contributed by atoms with Gasteiger partial charge in [-0.25, -0.2) is 0 Å². The number of phenols is 1. The van der Waals surface area contributed by atoms with Gasteiger partial charge in [-0.05, 0) is 17.7 Å². The van der Waals surface area contributed by atoms with Crippen LogP contribution in [0.4, 0.5) is 0 Å². The second-order valence-electron chi connectivity index (χ2n) is 2.67. The van der Waals surface area contributed by atoms with Crippen LogP contribution in [0.3, 0.4) is 0 Å². The molecule has 1 unspecified atom stereocenters. The van der Waals surface area contributed by atoms with Crippen molar-refractivity contribution in [2.24, 2.45) is 5.73 Å². The summed E-state index contributed by atoms with van der Waals surface area (Å²) >= 11 is 0. The molecule has 1 rings (SSSR count). The molecule has 0 saturated carbocycles. The van der Waals surface area contributed by atoms with Crippen LogP contribution in [-0.4, -0.2) is 11.7 Å². The molecular formula is C10H13NO. The maximum atomic E-state index is 9.03. The average molecular weight is 163 g/mol. The molecule has 1 atom stereocenters. The van der Waals surface area contributed by atoms with Crippen molar-refractivity contribution in [2.45, 2.75) is 5.92 Å². The van der Waals surface area contributed by atoms with Crippen molar-refractivity contribution in [3.8, 4) is 5.75 Å². The molecule has 1 aromatic rings. The van der Waals surface area contributed by atoms with Gasteiger partial charge in [-0.2, -0.15) is 0 Å². The van der Waals surface area contributed by atoms with E-state index in [1.54, 1.807) is 12.1 Å².